The van der Waals surface area contributed by atoms with Gasteiger partial charge in [0.15, 0.2) is 0 Å². The largest absolute Gasteiger partial charge is 0.334 e. The Morgan fingerprint density at radius 2 is 1.79 bits per heavy atom. The summed E-state index contributed by atoms with van der Waals surface area (Å²) in [4.78, 5) is 12.1. The summed E-state index contributed by atoms with van der Waals surface area (Å²) in [7, 11) is 2.90. The van der Waals surface area contributed by atoms with Crippen molar-refractivity contribution in [2.75, 3.05) is 13.1 Å². The highest BCUT2D eigenvalue weighted by Gasteiger charge is 2.27. The van der Waals surface area contributed by atoms with E-state index in [2.05, 4.69) is 25.2 Å². The Bertz CT molecular complexity index is 284. The number of piperidine rings is 1. The van der Waals surface area contributed by atoms with Crippen LogP contribution in [0.4, 0.5) is 4.79 Å². The molecule has 1 saturated carbocycles. The Hall–Kier alpha value is -0.340. The van der Waals surface area contributed by atoms with Crippen LogP contribution in [-0.4, -0.2) is 30.4 Å². The number of carbonyl (C=O) groups is 1. The van der Waals surface area contributed by atoms with Crippen LogP contribution in [0.2, 0.25) is 0 Å². The first-order valence-electron chi connectivity index (χ1n) is 7.76. The Labute approximate surface area is 119 Å². The first kappa shape index (κ1) is 15.1. The smallest absolute Gasteiger partial charge is 0.315 e. The van der Waals surface area contributed by atoms with Gasteiger partial charge in [0.2, 0.25) is 0 Å². The normalized spacial score (nSPS) is 27.9. The average molecular weight is 285 g/mol. The molecule has 1 aliphatic heterocycles. The van der Waals surface area contributed by atoms with Crippen LogP contribution in [0.25, 0.3) is 0 Å². The first-order valence-corrected chi connectivity index (χ1v) is 8.34. The van der Waals surface area contributed by atoms with Gasteiger partial charge in [0.25, 0.3) is 0 Å². The van der Waals surface area contributed by atoms with Gasteiger partial charge in [-0.1, -0.05) is 32.1 Å². The van der Waals surface area contributed by atoms with Crippen molar-refractivity contribution in [2.24, 2.45) is 0 Å². The number of nitrogens with one attached hydrogen (secondary N) is 3. The Morgan fingerprint density at radius 1 is 1.11 bits per heavy atom. The molecule has 0 spiro atoms. The zero-order valence-electron chi connectivity index (χ0n) is 11.8. The molecule has 3 N–H and O–H groups in total. The average Bonchev–Trinajstić information content (AvgIpc) is 2.36. The lowest BCUT2D eigenvalue weighted by Gasteiger charge is -2.33. The van der Waals surface area contributed by atoms with Crippen LogP contribution in [0.1, 0.15) is 57.8 Å². The van der Waals surface area contributed by atoms with Gasteiger partial charge in [-0.05, 0) is 32.2 Å². The molecule has 0 aromatic heterocycles. The van der Waals surface area contributed by atoms with Crippen molar-refractivity contribution in [3.8, 4) is 0 Å². The predicted molar refractivity (Wildman–Crippen MR) is 82.3 cm³/mol. The van der Waals surface area contributed by atoms with Gasteiger partial charge >= 0.3 is 6.03 Å². The summed E-state index contributed by atoms with van der Waals surface area (Å²) >= 11 is 0. The molecule has 110 valence electrons. The maximum atomic E-state index is 12.1. The van der Waals surface area contributed by atoms with E-state index >= 15 is 0 Å². The maximum Gasteiger partial charge on any atom is 0.315 e. The van der Waals surface area contributed by atoms with Crippen LogP contribution in [0, 0.1) is 0 Å². The zero-order valence-corrected chi connectivity index (χ0v) is 13.0. The van der Waals surface area contributed by atoms with Crippen molar-refractivity contribution in [2.45, 2.75) is 69.1 Å². The van der Waals surface area contributed by atoms with E-state index in [1.165, 1.54) is 32.1 Å². The fraction of sp³-hybridized carbons (Fsp3) is 0.929. The number of carbonyl (C=O) groups excluding carboxylic acids is 1. The topological polar surface area (TPSA) is 53.2 Å². The van der Waals surface area contributed by atoms with Gasteiger partial charge in [-0.2, -0.15) is 0 Å². The molecule has 1 saturated heterocycles. The van der Waals surface area contributed by atoms with Crippen molar-refractivity contribution in [1.29, 1.82) is 0 Å². The summed E-state index contributed by atoms with van der Waals surface area (Å²) in [6, 6.07) is 0.292. The molecular formula is C14H28N3OP. The Morgan fingerprint density at radius 3 is 2.42 bits per heavy atom. The molecular weight excluding hydrogens is 257 g/mol. The van der Waals surface area contributed by atoms with E-state index in [1.54, 1.807) is 0 Å². The van der Waals surface area contributed by atoms with Crippen LogP contribution in [0.15, 0.2) is 0 Å². The van der Waals surface area contributed by atoms with E-state index in [9.17, 15) is 4.79 Å². The van der Waals surface area contributed by atoms with Crippen LogP contribution in [0.5, 0.6) is 0 Å². The molecule has 0 bridgehead atoms. The molecule has 0 aromatic carbocycles. The fourth-order valence-corrected chi connectivity index (χ4v) is 3.62. The summed E-state index contributed by atoms with van der Waals surface area (Å²) in [6.45, 7) is 1.98. The standard InChI is InChI=1S/C14H28N3OP/c18-13(16-12-7-6-10-15-11-12)17-14(19)8-4-2-1-3-5-9-14/h12,15H,1-11,19H2,(H2,16,17,18). The molecule has 5 heteroatoms. The van der Waals surface area contributed by atoms with E-state index in [-0.39, 0.29) is 17.4 Å². The summed E-state index contributed by atoms with van der Waals surface area (Å²) in [5.74, 6) is 0. The summed E-state index contributed by atoms with van der Waals surface area (Å²) in [5, 5.41) is 9.53. The highest BCUT2D eigenvalue weighted by Crippen LogP contribution is 2.31. The third-order valence-electron chi connectivity index (χ3n) is 4.24. The number of hydrogen-bond acceptors (Lipinski definition) is 2. The van der Waals surface area contributed by atoms with Gasteiger partial charge in [0, 0.05) is 12.6 Å². The second-order valence-electron chi connectivity index (χ2n) is 6.07. The summed E-state index contributed by atoms with van der Waals surface area (Å²) < 4.78 is 0. The fourth-order valence-electron chi connectivity index (χ4n) is 3.08. The summed E-state index contributed by atoms with van der Waals surface area (Å²) in [6.07, 6.45) is 10.8. The molecule has 19 heavy (non-hydrogen) atoms. The minimum absolute atomic E-state index is 0.00396. The Kier molecular flexibility index (Phi) is 5.90. The second-order valence-corrected chi connectivity index (χ2v) is 7.17. The number of urea groups is 1. The second kappa shape index (κ2) is 7.44. The molecule has 0 radical (unpaired) electrons. The van der Waals surface area contributed by atoms with Gasteiger partial charge < -0.3 is 16.0 Å². The van der Waals surface area contributed by atoms with Crippen molar-refractivity contribution >= 4 is 15.3 Å². The predicted octanol–water partition coefficient (Wildman–Crippen LogP) is 2.35. The van der Waals surface area contributed by atoms with E-state index < -0.39 is 0 Å². The van der Waals surface area contributed by atoms with Crippen molar-refractivity contribution in [1.82, 2.24) is 16.0 Å². The molecule has 2 aliphatic rings. The third-order valence-corrected chi connectivity index (χ3v) is 4.96. The van der Waals surface area contributed by atoms with E-state index in [1.807, 2.05) is 0 Å². The van der Waals surface area contributed by atoms with Gasteiger partial charge in [0.1, 0.15) is 0 Å². The van der Waals surface area contributed by atoms with Crippen LogP contribution < -0.4 is 16.0 Å². The molecule has 1 heterocycles. The zero-order chi connectivity index (χ0) is 13.6. The van der Waals surface area contributed by atoms with Gasteiger partial charge in [-0.15, -0.1) is 9.24 Å². The van der Waals surface area contributed by atoms with E-state index in [0.717, 1.165) is 38.8 Å². The van der Waals surface area contributed by atoms with Gasteiger partial charge in [0.05, 0.1) is 5.28 Å². The molecule has 2 unspecified atom stereocenters. The molecule has 2 atom stereocenters. The highest BCUT2D eigenvalue weighted by molar-refractivity contribution is 7.19. The monoisotopic (exact) mass is 285 g/mol. The minimum Gasteiger partial charge on any atom is -0.334 e. The molecule has 2 fully saturated rings. The van der Waals surface area contributed by atoms with E-state index in [0.29, 0.717) is 0 Å². The lowest BCUT2D eigenvalue weighted by atomic mass is 9.96. The number of amides is 2. The van der Waals surface area contributed by atoms with Crippen molar-refractivity contribution < 1.29 is 4.79 Å². The van der Waals surface area contributed by atoms with Gasteiger partial charge in [-0.25, -0.2) is 4.79 Å². The Balaban J connectivity index is 1.78. The first-order chi connectivity index (χ1) is 9.18. The SMILES string of the molecule is O=C(NC1CCCNC1)NC1(P)CCCCCCC1. The summed E-state index contributed by atoms with van der Waals surface area (Å²) in [5.41, 5.74) is 0. The lowest BCUT2D eigenvalue weighted by molar-refractivity contribution is 0.223. The lowest BCUT2D eigenvalue weighted by Crippen LogP contribution is -2.54. The molecule has 2 rings (SSSR count). The number of rotatable bonds is 2. The van der Waals surface area contributed by atoms with Gasteiger partial charge in [-0.3, -0.25) is 0 Å². The quantitative estimate of drug-likeness (QED) is 0.682. The molecule has 4 nitrogen and oxygen atoms in total. The highest BCUT2D eigenvalue weighted by atomic mass is 31.0. The molecule has 2 amide bonds. The van der Waals surface area contributed by atoms with Crippen LogP contribution in [0.3, 0.4) is 0 Å². The number of hydrogen-bond donors (Lipinski definition) is 3. The van der Waals surface area contributed by atoms with E-state index in [4.69, 9.17) is 0 Å². The minimum atomic E-state index is -0.0907. The van der Waals surface area contributed by atoms with Crippen LogP contribution >= 0.6 is 9.24 Å². The van der Waals surface area contributed by atoms with Crippen molar-refractivity contribution in [3.05, 3.63) is 0 Å². The van der Waals surface area contributed by atoms with Crippen molar-refractivity contribution in [3.63, 3.8) is 0 Å². The molecule has 1 aliphatic carbocycles. The van der Waals surface area contributed by atoms with Crippen LogP contribution in [-0.2, 0) is 0 Å². The molecule has 0 aromatic rings. The third kappa shape index (κ3) is 5.27. The maximum absolute atomic E-state index is 12.1.